The Morgan fingerprint density at radius 2 is 1.64 bits per heavy atom. The molecular formula is C37H33FN6O6. The maximum atomic E-state index is 14.1. The van der Waals surface area contributed by atoms with Crippen LogP contribution in [0.1, 0.15) is 85.7 Å². The summed E-state index contributed by atoms with van der Waals surface area (Å²) in [5.74, 6) is -2.80. The number of nitrogens with one attached hydrogen (secondary N) is 3. The molecule has 6 aliphatic rings. The van der Waals surface area contributed by atoms with E-state index in [9.17, 15) is 33.2 Å². The molecule has 13 heteroatoms. The Bertz CT molecular complexity index is 2150. The summed E-state index contributed by atoms with van der Waals surface area (Å²) in [7, 11) is 0. The quantitative estimate of drug-likeness (QED) is 0.284. The first-order valence-electron chi connectivity index (χ1n) is 17.0. The third-order valence-electron chi connectivity index (χ3n) is 11.4. The van der Waals surface area contributed by atoms with Crippen LogP contribution in [0, 0.1) is 18.2 Å². The van der Waals surface area contributed by atoms with Gasteiger partial charge >= 0.3 is 0 Å². The lowest BCUT2D eigenvalue weighted by molar-refractivity contribution is -0.136. The lowest BCUT2D eigenvalue weighted by Gasteiger charge is -2.55. The topological polar surface area (TPSA) is 152 Å². The third-order valence-corrected chi connectivity index (χ3v) is 11.4. The second-order valence-electron chi connectivity index (χ2n) is 14.3. The SMILES string of the molecule is Cc1[nH]c2c(c1C(=O)N1CCC3(CC1)CN(c1ccc4c(c1)C(=O)N(C1CCC(=O)NC1=O)C4=O)C3)CCC2=C1C(=O)Nc2ccc(F)cc21. The van der Waals surface area contributed by atoms with Crippen LogP contribution in [0.15, 0.2) is 36.4 Å². The van der Waals surface area contributed by atoms with Gasteiger partial charge in [0.25, 0.3) is 23.6 Å². The van der Waals surface area contributed by atoms with Crippen molar-refractivity contribution in [3.05, 3.63) is 81.4 Å². The van der Waals surface area contributed by atoms with Gasteiger partial charge in [0.2, 0.25) is 11.8 Å². The van der Waals surface area contributed by atoms with Crippen LogP contribution in [0.25, 0.3) is 11.1 Å². The molecule has 0 saturated carbocycles. The number of piperidine rings is 2. The third kappa shape index (κ3) is 4.41. The van der Waals surface area contributed by atoms with E-state index in [1.54, 1.807) is 18.2 Å². The standard InChI is InChI=1S/C37H33FN6O6/c1-18-29(22-5-6-23(31(22)39-18)30-25-14-19(38)2-7-26(25)40-33(30)47)36(50)42-12-10-37(11-13-42)16-43(17-37)20-3-4-21-24(15-20)35(49)44(34(21)48)27-8-9-28(45)41-32(27)46/h2-4,7,14-15,27,39H,5-6,8-13,16-17H2,1H3,(H,40,47)(H,41,45,46). The molecule has 6 heterocycles. The number of H-pyrrole nitrogens is 1. The van der Waals surface area contributed by atoms with E-state index in [4.69, 9.17) is 0 Å². The number of aromatic nitrogens is 1. The summed E-state index contributed by atoms with van der Waals surface area (Å²) in [4.78, 5) is 85.8. The number of imide groups is 2. The molecule has 1 aromatic heterocycles. The smallest absolute Gasteiger partial charge is 0.262 e. The lowest BCUT2D eigenvalue weighted by Crippen LogP contribution is -2.61. The number of nitrogens with zero attached hydrogens (tertiary/aromatic N) is 3. The number of aromatic amines is 1. The maximum absolute atomic E-state index is 14.1. The number of fused-ring (bicyclic) bond motifs is 3. The van der Waals surface area contributed by atoms with Crippen LogP contribution in [0.5, 0.6) is 0 Å². The number of hydrogen-bond donors (Lipinski definition) is 3. The minimum Gasteiger partial charge on any atom is -0.370 e. The van der Waals surface area contributed by atoms with E-state index >= 15 is 0 Å². The van der Waals surface area contributed by atoms with Crippen molar-refractivity contribution in [2.75, 3.05) is 36.4 Å². The van der Waals surface area contributed by atoms with E-state index in [2.05, 4.69) is 20.5 Å². The van der Waals surface area contributed by atoms with Crippen LogP contribution in [0.4, 0.5) is 15.8 Å². The summed E-state index contributed by atoms with van der Waals surface area (Å²) >= 11 is 0. The van der Waals surface area contributed by atoms with Crippen molar-refractivity contribution in [3.8, 4) is 0 Å². The van der Waals surface area contributed by atoms with Crippen molar-refractivity contribution in [2.24, 2.45) is 5.41 Å². The van der Waals surface area contributed by atoms with Gasteiger partial charge < -0.3 is 20.1 Å². The van der Waals surface area contributed by atoms with Crippen molar-refractivity contribution in [1.82, 2.24) is 20.1 Å². The first-order valence-corrected chi connectivity index (χ1v) is 17.0. The summed E-state index contributed by atoms with van der Waals surface area (Å²) in [6.07, 6.45) is 3.02. The molecule has 50 heavy (non-hydrogen) atoms. The van der Waals surface area contributed by atoms with Gasteiger partial charge in [0, 0.05) is 66.3 Å². The fraction of sp³-hybridized carbons (Fsp3) is 0.351. The number of hydrogen-bond acceptors (Lipinski definition) is 7. The normalized spacial score (nSPS) is 23.6. The zero-order chi connectivity index (χ0) is 34.6. The predicted octanol–water partition coefficient (Wildman–Crippen LogP) is 3.42. The minimum atomic E-state index is -1.00. The number of rotatable bonds is 3. The molecule has 1 spiro atoms. The van der Waals surface area contributed by atoms with Crippen LogP contribution < -0.4 is 15.5 Å². The summed E-state index contributed by atoms with van der Waals surface area (Å²) in [5.41, 5.74) is 6.86. The molecule has 3 N–H and O–H groups in total. The number of amides is 6. The van der Waals surface area contributed by atoms with E-state index in [1.807, 2.05) is 17.9 Å². The Balaban J connectivity index is 0.873. The first kappa shape index (κ1) is 30.5. The largest absolute Gasteiger partial charge is 0.370 e. The second kappa shape index (κ2) is 10.7. The zero-order valence-electron chi connectivity index (χ0n) is 27.3. The summed E-state index contributed by atoms with van der Waals surface area (Å²) in [5, 5.41) is 5.05. The molecule has 254 valence electrons. The summed E-state index contributed by atoms with van der Waals surface area (Å²) in [6, 6.07) is 8.45. The fourth-order valence-corrected chi connectivity index (χ4v) is 8.80. The molecule has 1 atom stereocenters. The van der Waals surface area contributed by atoms with Gasteiger partial charge in [0.1, 0.15) is 11.9 Å². The molecule has 5 aliphatic heterocycles. The number of aryl methyl sites for hydroxylation is 1. The van der Waals surface area contributed by atoms with Crippen LogP contribution in [0.3, 0.4) is 0 Å². The zero-order valence-corrected chi connectivity index (χ0v) is 27.3. The Hall–Kier alpha value is -5.59. The van der Waals surface area contributed by atoms with Crippen LogP contribution in [-0.4, -0.2) is 82.4 Å². The molecule has 6 amide bonds. The van der Waals surface area contributed by atoms with Gasteiger partial charge in [-0.25, -0.2) is 4.39 Å². The van der Waals surface area contributed by atoms with Crippen molar-refractivity contribution in [1.29, 1.82) is 0 Å². The van der Waals surface area contributed by atoms with E-state index in [0.717, 1.165) is 59.0 Å². The molecule has 3 saturated heterocycles. The van der Waals surface area contributed by atoms with Gasteiger partial charge in [-0.05, 0) is 86.6 Å². The fourth-order valence-electron chi connectivity index (χ4n) is 8.80. The van der Waals surface area contributed by atoms with Crippen LogP contribution in [-0.2, 0) is 20.8 Å². The molecule has 1 aliphatic carbocycles. The highest BCUT2D eigenvalue weighted by molar-refractivity contribution is 6.37. The number of likely N-dealkylation sites (tertiary alicyclic amines) is 1. The number of halogens is 1. The van der Waals surface area contributed by atoms with Crippen LogP contribution in [0.2, 0.25) is 0 Å². The number of benzene rings is 2. The highest BCUT2D eigenvalue weighted by Gasteiger charge is 2.48. The molecule has 1 unspecified atom stereocenters. The molecule has 2 aromatic carbocycles. The van der Waals surface area contributed by atoms with E-state index < -0.39 is 35.5 Å². The molecule has 0 bridgehead atoms. The molecule has 3 fully saturated rings. The number of anilines is 2. The number of allylic oxidation sites excluding steroid dienone is 1. The molecular weight excluding hydrogens is 643 g/mol. The van der Waals surface area contributed by atoms with E-state index in [-0.39, 0.29) is 41.2 Å². The monoisotopic (exact) mass is 676 g/mol. The molecule has 3 aromatic rings. The first-order chi connectivity index (χ1) is 24.0. The number of carbonyl (C=O) groups is 6. The van der Waals surface area contributed by atoms with Crippen molar-refractivity contribution in [2.45, 2.75) is 51.5 Å². The van der Waals surface area contributed by atoms with Crippen LogP contribution >= 0.6 is 0 Å². The molecule has 12 nitrogen and oxygen atoms in total. The Labute approximate surface area is 285 Å². The lowest BCUT2D eigenvalue weighted by atomic mass is 9.71. The summed E-state index contributed by atoms with van der Waals surface area (Å²) in [6.45, 7) is 4.60. The Morgan fingerprint density at radius 1 is 0.880 bits per heavy atom. The maximum Gasteiger partial charge on any atom is 0.262 e. The van der Waals surface area contributed by atoms with Gasteiger partial charge in [-0.3, -0.25) is 39.0 Å². The average Bonchev–Trinajstić information content (AvgIpc) is 3.78. The second-order valence-corrected chi connectivity index (χ2v) is 14.3. The molecule has 9 rings (SSSR count). The van der Waals surface area contributed by atoms with Gasteiger partial charge in [-0.1, -0.05) is 0 Å². The highest BCUT2D eigenvalue weighted by Crippen LogP contribution is 2.46. The Kier molecular flexibility index (Phi) is 6.52. The van der Waals surface area contributed by atoms with Gasteiger partial charge in [0.05, 0.1) is 22.3 Å². The van der Waals surface area contributed by atoms with Gasteiger partial charge in [0.15, 0.2) is 0 Å². The molecule has 0 radical (unpaired) electrons. The summed E-state index contributed by atoms with van der Waals surface area (Å²) < 4.78 is 14.1. The van der Waals surface area contributed by atoms with Gasteiger partial charge in [-0.2, -0.15) is 0 Å². The van der Waals surface area contributed by atoms with Crippen molar-refractivity contribution >= 4 is 58.0 Å². The van der Waals surface area contributed by atoms with E-state index in [1.165, 1.54) is 12.1 Å². The number of carbonyl (C=O) groups excluding carboxylic acids is 6. The average molecular weight is 677 g/mol. The van der Waals surface area contributed by atoms with E-state index in [0.29, 0.717) is 48.3 Å². The Morgan fingerprint density at radius 3 is 2.40 bits per heavy atom. The predicted molar refractivity (Wildman–Crippen MR) is 179 cm³/mol. The van der Waals surface area contributed by atoms with Crippen molar-refractivity contribution in [3.63, 3.8) is 0 Å². The highest BCUT2D eigenvalue weighted by atomic mass is 19.1. The van der Waals surface area contributed by atoms with Gasteiger partial charge in [-0.15, -0.1) is 0 Å². The van der Waals surface area contributed by atoms with Crippen molar-refractivity contribution < 1.29 is 33.2 Å². The minimum absolute atomic E-state index is 0.0260.